The number of amides is 2. The predicted octanol–water partition coefficient (Wildman–Crippen LogP) is 4.84. The fourth-order valence-electron chi connectivity index (χ4n) is 6.67. The maximum Gasteiger partial charge on any atom is 0.510 e. The average molecular weight is 943 g/mol. The molecule has 1 aromatic heterocycles. The molecule has 2 aromatic carbocycles. The zero-order valence-corrected chi connectivity index (χ0v) is 38.7. The Kier molecular flexibility index (Phi) is 20.2. The minimum absolute atomic E-state index is 0.0916. The van der Waals surface area contributed by atoms with Crippen LogP contribution >= 0.6 is 34.9 Å². The summed E-state index contributed by atoms with van der Waals surface area (Å²) in [7, 11) is 0. The number of ether oxygens (including phenoxy) is 6. The van der Waals surface area contributed by atoms with Gasteiger partial charge in [-0.15, -0.1) is 10.2 Å². The van der Waals surface area contributed by atoms with E-state index in [1.807, 2.05) is 67.6 Å². The summed E-state index contributed by atoms with van der Waals surface area (Å²) < 4.78 is 32.2. The molecule has 2 fully saturated rings. The van der Waals surface area contributed by atoms with Crippen molar-refractivity contribution in [2.75, 3.05) is 109 Å². The number of aromatic nitrogens is 2. The Morgan fingerprint density at radius 1 is 0.734 bits per heavy atom. The predicted molar refractivity (Wildman–Crippen MR) is 245 cm³/mol. The van der Waals surface area contributed by atoms with E-state index in [9.17, 15) is 19.2 Å². The maximum atomic E-state index is 13.6. The van der Waals surface area contributed by atoms with E-state index in [4.69, 9.17) is 28.4 Å². The van der Waals surface area contributed by atoms with Gasteiger partial charge in [0.2, 0.25) is 16.9 Å². The van der Waals surface area contributed by atoms with E-state index in [1.165, 1.54) is 32.9 Å². The second-order valence-electron chi connectivity index (χ2n) is 15.3. The van der Waals surface area contributed by atoms with Crippen LogP contribution in [-0.2, 0) is 57.3 Å². The first-order valence-corrected chi connectivity index (χ1v) is 24.3. The van der Waals surface area contributed by atoms with Gasteiger partial charge in [0.05, 0.1) is 52.5 Å². The minimum atomic E-state index is -0.854. The number of rotatable bonds is 23. The Labute approximate surface area is 386 Å². The number of hydrogen-bond donors (Lipinski definition) is 1. The molecule has 4 heterocycles. The summed E-state index contributed by atoms with van der Waals surface area (Å²) in [5.41, 5.74) is 4.83. The molecule has 1 atom stereocenters. The first-order chi connectivity index (χ1) is 31.2. The number of anilines is 1. The number of benzene rings is 2. The molecular formula is C43H58N8O10S3. The van der Waals surface area contributed by atoms with Crippen molar-refractivity contribution in [3.8, 4) is 0 Å². The van der Waals surface area contributed by atoms with Crippen molar-refractivity contribution >= 4 is 69.3 Å². The Morgan fingerprint density at radius 2 is 1.27 bits per heavy atom. The van der Waals surface area contributed by atoms with Gasteiger partial charge in [-0.3, -0.25) is 34.6 Å². The quantitative estimate of drug-likeness (QED) is 0.0773. The number of aryl methyl sites for hydroxylation is 1. The Hall–Kier alpha value is -4.51. The van der Waals surface area contributed by atoms with Crippen LogP contribution in [0.1, 0.15) is 42.3 Å². The molecule has 64 heavy (non-hydrogen) atoms. The lowest BCUT2D eigenvalue weighted by Gasteiger charge is -2.26. The van der Waals surface area contributed by atoms with Crippen LogP contribution in [0.5, 0.6) is 0 Å². The van der Waals surface area contributed by atoms with Crippen molar-refractivity contribution in [3.63, 3.8) is 0 Å². The van der Waals surface area contributed by atoms with Gasteiger partial charge >= 0.3 is 12.3 Å². The van der Waals surface area contributed by atoms with Gasteiger partial charge in [-0.1, -0.05) is 83.8 Å². The third kappa shape index (κ3) is 16.8. The van der Waals surface area contributed by atoms with Gasteiger partial charge in [0.15, 0.2) is 18.6 Å². The molecule has 2 amide bonds. The number of carbonyl (C=O) groups is 4. The fraction of sp³-hybridized carbons (Fsp3) is 0.558. The lowest BCUT2D eigenvalue weighted by molar-refractivity contribution is -0.129. The molecule has 3 aliphatic rings. The zero-order chi connectivity index (χ0) is 44.8. The zero-order valence-electron chi connectivity index (χ0n) is 36.3. The molecule has 0 bridgehead atoms. The molecule has 21 heteroatoms. The minimum Gasteiger partial charge on any atom is -0.434 e. The maximum absolute atomic E-state index is 13.6. The van der Waals surface area contributed by atoms with E-state index in [0.717, 1.165) is 66.9 Å². The van der Waals surface area contributed by atoms with Crippen molar-refractivity contribution in [1.29, 1.82) is 0 Å². The highest BCUT2D eigenvalue weighted by Gasteiger charge is 2.37. The van der Waals surface area contributed by atoms with E-state index >= 15 is 0 Å². The number of nitrogens with zero attached hydrogens (tertiary/aromatic N) is 7. The van der Waals surface area contributed by atoms with Crippen LogP contribution in [0.4, 0.5) is 14.7 Å². The first-order valence-electron chi connectivity index (χ1n) is 21.5. The summed E-state index contributed by atoms with van der Waals surface area (Å²) >= 11 is 4.40. The van der Waals surface area contributed by atoms with Gasteiger partial charge in [-0.05, 0) is 48.8 Å². The van der Waals surface area contributed by atoms with Crippen LogP contribution in [0.3, 0.4) is 0 Å². The van der Waals surface area contributed by atoms with Gasteiger partial charge in [0, 0.05) is 45.7 Å². The van der Waals surface area contributed by atoms with Crippen molar-refractivity contribution in [2.45, 2.75) is 50.3 Å². The molecule has 1 N–H and O–H groups in total. The van der Waals surface area contributed by atoms with Crippen LogP contribution in [0, 0.1) is 0 Å². The van der Waals surface area contributed by atoms with Crippen LogP contribution < -0.4 is 10.3 Å². The number of hydrazone groups is 1. The van der Waals surface area contributed by atoms with Gasteiger partial charge in [0.25, 0.3) is 0 Å². The lowest BCUT2D eigenvalue weighted by Crippen LogP contribution is -2.39. The SMILES string of the molecule is CC1(CCSCCc2nnc(N(COC(=O)OCCCN3CCOCC3)C(=O)Cc3ccccc3)s2)NN=C(N(COC(=O)OCCCN2CCOCC2)C(=O)Cc2ccccc2)S1. The monoisotopic (exact) mass is 942 g/mol. The normalized spacial score (nSPS) is 17.8. The number of nitrogens with one attached hydrogen (secondary N) is 1. The summed E-state index contributed by atoms with van der Waals surface area (Å²) in [6.07, 6.45) is 1.13. The van der Waals surface area contributed by atoms with Gasteiger partial charge in [-0.2, -0.15) is 16.9 Å². The Balaban J connectivity index is 0.943. The van der Waals surface area contributed by atoms with E-state index in [1.54, 1.807) is 11.8 Å². The third-order valence-corrected chi connectivity index (χ3v) is 13.5. The second kappa shape index (κ2) is 26.5. The molecule has 0 radical (unpaired) electrons. The molecule has 0 aliphatic carbocycles. The van der Waals surface area contributed by atoms with Crippen LogP contribution in [0.25, 0.3) is 0 Å². The van der Waals surface area contributed by atoms with Crippen molar-refractivity contribution in [2.24, 2.45) is 5.10 Å². The fourth-order valence-corrected chi connectivity index (χ4v) is 9.92. The number of hydrogen-bond acceptors (Lipinski definition) is 19. The molecule has 18 nitrogen and oxygen atoms in total. The van der Waals surface area contributed by atoms with Gasteiger partial charge < -0.3 is 28.4 Å². The summed E-state index contributed by atoms with van der Waals surface area (Å²) in [6.45, 7) is 9.55. The molecule has 348 valence electrons. The van der Waals surface area contributed by atoms with Crippen LogP contribution in [0.15, 0.2) is 65.8 Å². The number of amidine groups is 1. The van der Waals surface area contributed by atoms with Gasteiger partial charge in [0.1, 0.15) is 9.88 Å². The average Bonchev–Trinajstić information content (AvgIpc) is 3.94. The van der Waals surface area contributed by atoms with Crippen molar-refractivity contribution < 1.29 is 47.6 Å². The van der Waals surface area contributed by atoms with Crippen molar-refractivity contribution in [3.05, 3.63) is 76.8 Å². The highest BCUT2D eigenvalue weighted by atomic mass is 32.2. The molecular weight excluding hydrogens is 885 g/mol. The molecule has 6 rings (SSSR count). The molecule has 3 aromatic rings. The number of carbonyl (C=O) groups excluding carboxylic acids is 4. The summed E-state index contributed by atoms with van der Waals surface area (Å²) in [6, 6.07) is 18.7. The molecule has 2 saturated heterocycles. The standard InChI is InChI=1S/C43H58N8O10S3/c1-43(47-46-40(64-43)51(38(53)31-35-12-6-3-7-13-35)33-61-42(55)59-23-9-17-49-20-26-57-27-21-49)15-29-62-28-14-36-44-45-39(63-36)50(37(52)30-34-10-4-2-5-11-34)32-60-41(54)58-22-8-16-48-18-24-56-25-19-48/h2-7,10-13,47H,8-9,14-33H2,1H3. The Bertz CT molecular complexity index is 1940. The summed E-state index contributed by atoms with van der Waals surface area (Å²) in [5, 5.41) is 14.6. The second-order valence-corrected chi connectivity index (χ2v) is 19.0. The van der Waals surface area contributed by atoms with Crippen molar-refractivity contribution in [1.82, 2.24) is 30.3 Å². The number of morpholine rings is 2. The lowest BCUT2D eigenvalue weighted by atomic mass is 10.1. The van der Waals surface area contributed by atoms with E-state index in [2.05, 4.69) is 30.5 Å². The molecule has 3 aliphatic heterocycles. The van der Waals surface area contributed by atoms with Crippen LogP contribution in [-0.4, -0.2) is 163 Å². The smallest absolute Gasteiger partial charge is 0.434 e. The van der Waals surface area contributed by atoms with Gasteiger partial charge in [-0.25, -0.2) is 9.59 Å². The molecule has 0 spiro atoms. The molecule has 1 unspecified atom stereocenters. The highest BCUT2D eigenvalue weighted by molar-refractivity contribution is 8.15. The Morgan fingerprint density at radius 3 is 1.83 bits per heavy atom. The largest absolute Gasteiger partial charge is 0.510 e. The van der Waals surface area contributed by atoms with E-state index in [-0.39, 0.29) is 51.3 Å². The van der Waals surface area contributed by atoms with E-state index in [0.29, 0.717) is 62.4 Å². The highest BCUT2D eigenvalue weighted by Crippen LogP contribution is 2.35. The van der Waals surface area contributed by atoms with E-state index < -0.39 is 17.2 Å². The van der Waals surface area contributed by atoms with Crippen LogP contribution in [0.2, 0.25) is 0 Å². The number of thioether (sulfide) groups is 2. The first kappa shape index (κ1) is 48.9. The summed E-state index contributed by atoms with van der Waals surface area (Å²) in [4.78, 5) is 58.9. The topological polar surface area (TPSA) is 187 Å². The summed E-state index contributed by atoms with van der Waals surface area (Å²) in [5.74, 6) is 0.941. The molecule has 0 saturated carbocycles. The third-order valence-electron chi connectivity index (χ3n) is 10.3.